The van der Waals surface area contributed by atoms with Gasteiger partial charge < -0.3 is 10.0 Å². The van der Waals surface area contributed by atoms with Gasteiger partial charge in [0.25, 0.3) is 0 Å². The maximum Gasteiger partial charge on any atom is 0.223 e. The number of rotatable bonds is 3. The topological polar surface area (TPSA) is 40.5 Å². The summed E-state index contributed by atoms with van der Waals surface area (Å²) < 4.78 is 0. The van der Waals surface area contributed by atoms with Crippen molar-refractivity contribution < 1.29 is 9.90 Å². The van der Waals surface area contributed by atoms with Crippen molar-refractivity contribution in [1.29, 1.82) is 0 Å². The van der Waals surface area contributed by atoms with Gasteiger partial charge in [-0.25, -0.2) is 0 Å². The third kappa shape index (κ3) is 2.56. The van der Waals surface area contributed by atoms with Gasteiger partial charge in [-0.05, 0) is 37.5 Å². The Balaban J connectivity index is 1.44. The zero-order valence-corrected chi connectivity index (χ0v) is 11.2. The highest BCUT2D eigenvalue weighted by Gasteiger charge is 2.53. The average molecular weight is 251 g/mol. The molecule has 0 aromatic heterocycles. The van der Waals surface area contributed by atoms with Crippen LogP contribution in [-0.4, -0.2) is 34.6 Å². The fourth-order valence-corrected chi connectivity index (χ4v) is 3.61. The lowest BCUT2D eigenvalue weighted by atomic mass is 9.87. The van der Waals surface area contributed by atoms with Crippen LogP contribution < -0.4 is 0 Å². The molecule has 0 aromatic carbocycles. The second-order valence-electron chi connectivity index (χ2n) is 6.69. The first kappa shape index (κ1) is 12.5. The van der Waals surface area contributed by atoms with Crippen molar-refractivity contribution in [2.75, 3.05) is 13.1 Å². The van der Waals surface area contributed by atoms with Crippen LogP contribution in [-0.2, 0) is 4.79 Å². The quantitative estimate of drug-likeness (QED) is 0.782. The molecule has 1 heterocycles. The largest absolute Gasteiger partial charge is 0.386 e. The Kier molecular flexibility index (Phi) is 3.35. The van der Waals surface area contributed by atoms with E-state index in [1.165, 1.54) is 38.5 Å². The van der Waals surface area contributed by atoms with Crippen LogP contribution in [0, 0.1) is 11.8 Å². The van der Waals surface area contributed by atoms with Crippen LogP contribution in [0.5, 0.6) is 0 Å². The Bertz CT molecular complexity index is 310. The number of likely N-dealkylation sites (tertiary alicyclic amines) is 1. The Morgan fingerprint density at radius 2 is 1.67 bits per heavy atom. The maximum absolute atomic E-state index is 12.2. The number of carbonyl (C=O) groups excluding carboxylic acids is 1. The van der Waals surface area contributed by atoms with E-state index in [1.54, 1.807) is 0 Å². The van der Waals surface area contributed by atoms with E-state index < -0.39 is 5.60 Å². The summed E-state index contributed by atoms with van der Waals surface area (Å²) in [5.74, 6) is 1.38. The first-order valence-electron chi connectivity index (χ1n) is 7.67. The highest BCUT2D eigenvalue weighted by atomic mass is 16.3. The van der Waals surface area contributed by atoms with Crippen molar-refractivity contribution in [3.63, 3.8) is 0 Å². The molecule has 2 saturated carbocycles. The van der Waals surface area contributed by atoms with Gasteiger partial charge in [0, 0.05) is 6.42 Å². The van der Waals surface area contributed by atoms with Crippen LogP contribution in [0.4, 0.5) is 0 Å². The number of aliphatic hydroxyl groups is 1. The molecule has 3 fully saturated rings. The van der Waals surface area contributed by atoms with E-state index in [4.69, 9.17) is 0 Å². The first-order valence-corrected chi connectivity index (χ1v) is 7.67. The minimum absolute atomic E-state index is 0.284. The number of amides is 1. The number of hydrogen-bond donors (Lipinski definition) is 1. The molecule has 0 radical (unpaired) electrons. The molecule has 0 unspecified atom stereocenters. The Morgan fingerprint density at radius 3 is 2.22 bits per heavy atom. The molecular weight excluding hydrogens is 226 g/mol. The van der Waals surface area contributed by atoms with Gasteiger partial charge in [0.05, 0.1) is 13.1 Å². The van der Waals surface area contributed by atoms with Crippen molar-refractivity contribution in [2.24, 2.45) is 11.8 Å². The Hall–Kier alpha value is -0.570. The summed E-state index contributed by atoms with van der Waals surface area (Å²) in [6.07, 6.45) is 10.8. The first-order chi connectivity index (χ1) is 8.67. The third-order valence-electron chi connectivity index (χ3n) is 5.06. The summed E-state index contributed by atoms with van der Waals surface area (Å²) in [4.78, 5) is 14.0. The summed E-state index contributed by atoms with van der Waals surface area (Å²) >= 11 is 0. The van der Waals surface area contributed by atoms with Crippen LogP contribution >= 0.6 is 0 Å². The van der Waals surface area contributed by atoms with Gasteiger partial charge in [0.2, 0.25) is 5.91 Å². The minimum Gasteiger partial charge on any atom is -0.386 e. The van der Waals surface area contributed by atoms with Gasteiger partial charge in [-0.15, -0.1) is 0 Å². The van der Waals surface area contributed by atoms with Gasteiger partial charge in [-0.2, -0.15) is 0 Å². The van der Waals surface area contributed by atoms with E-state index in [0.717, 1.165) is 19.3 Å². The molecule has 1 aliphatic heterocycles. The molecule has 0 aromatic rings. The molecule has 2 aliphatic carbocycles. The highest BCUT2D eigenvalue weighted by Crippen LogP contribution is 2.44. The zero-order valence-electron chi connectivity index (χ0n) is 11.2. The number of carbonyl (C=O) groups is 1. The summed E-state index contributed by atoms with van der Waals surface area (Å²) in [5, 5.41) is 10.2. The van der Waals surface area contributed by atoms with Gasteiger partial charge in [0.1, 0.15) is 5.60 Å². The van der Waals surface area contributed by atoms with Crippen molar-refractivity contribution in [1.82, 2.24) is 4.90 Å². The van der Waals surface area contributed by atoms with E-state index in [0.29, 0.717) is 24.9 Å². The second kappa shape index (κ2) is 4.84. The molecule has 0 bridgehead atoms. The second-order valence-corrected chi connectivity index (χ2v) is 6.69. The lowest BCUT2D eigenvalue weighted by Gasteiger charge is -2.47. The summed E-state index contributed by atoms with van der Waals surface area (Å²) in [6.45, 7) is 1.20. The zero-order chi connectivity index (χ0) is 12.6. The van der Waals surface area contributed by atoms with Crippen molar-refractivity contribution >= 4 is 5.91 Å². The highest BCUT2D eigenvalue weighted by molar-refractivity contribution is 5.77. The monoisotopic (exact) mass is 251 g/mol. The van der Waals surface area contributed by atoms with Crippen LogP contribution in [0.25, 0.3) is 0 Å². The van der Waals surface area contributed by atoms with Gasteiger partial charge in [-0.3, -0.25) is 4.79 Å². The third-order valence-corrected chi connectivity index (χ3v) is 5.06. The number of β-amino-alcohol motifs (C(OH)–C–C–N with tert-alkyl or cyclic N) is 1. The van der Waals surface area contributed by atoms with Gasteiger partial charge in [0.15, 0.2) is 0 Å². The molecule has 3 aliphatic rings. The van der Waals surface area contributed by atoms with E-state index in [1.807, 2.05) is 4.90 Å². The molecule has 0 atom stereocenters. The standard InChI is InChI=1S/C15H25NO2/c17-14(9-12-5-3-1-2-4-6-12)16-10-15(18,11-16)13-7-8-13/h12-13,18H,1-11H2. The Morgan fingerprint density at radius 1 is 1.06 bits per heavy atom. The minimum atomic E-state index is -0.515. The number of hydrogen-bond acceptors (Lipinski definition) is 2. The summed E-state index contributed by atoms with van der Waals surface area (Å²) in [5.41, 5.74) is -0.515. The number of nitrogens with zero attached hydrogens (tertiary/aromatic N) is 1. The van der Waals surface area contributed by atoms with Crippen molar-refractivity contribution in [3.8, 4) is 0 Å². The van der Waals surface area contributed by atoms with Gasteiger partial charge in [-0.1, -0.05) is 25.7 Å². The van der Waals surface area contributed by atoms with Crippen LogP contribution in [0.1, 0.15) is 57.8 Å². The smallest absolute Gasteiger partial charge is 0.223 e. The van der Waals surface area contributed by atoms with E-state index in [9.17, 15) is 9.90 Å². The molecular formula is C15H25NO2. The normalized spacial score (nSPS) is 28.6. The van der Waals surface area contributed by atoms with Crippen LogP contribution in [0.3, 0.4) is 0 Å². The predicted octanol–water partition coefficient (Wildman–Crippen LogP) is 2.33. The van der Waals surface area contributed by atoms with Crippen molar-refractivity contribution in [2.45, 2.75) is 63.4 Å². The lowest BCUT2D eigenvalue weighted by molar-refractivity contribution is -0.160. The maximum atomic E-state index is 12.2. The van der Waals surface area contributed by atoms with E-state index in [-0.39, 0.29) is 5.91 Å². The molecule has 1 saturated heterocycles. The summed E-state index contributed by atoms with van der Waals surface area (Å²) in [6, 6.07) is 0. The molecule has 3 nitrogen and oxygen atoms in total. The fraction of sp³-hybridized carbons (Fsp3) is 0.933. The van der Waals surface area contributed by atoms with E-state index >= 15 is 0 Å². The molecule has 3 rings (SSSR count). The molecule has 102 valence electrons. The molecule has 3 heteroatoms. The predicted molar refractivity (Wildman–Crippen MR) is 70.1 cm³/mol. The SMILES string of the molecule is O=C(CC1CCCCCC1)N1CC(O)(C2CC2)C1. The molecule has 18 heavy (non-hydrogen) atoms. The lowest BCUT2D eigenvalue weighted by Crippen LogP contribution is -2.64. The van der Waals surface area contributed by atoms with Gasteiger partial charge >= 0.3 is 0 Å². The molecule has 0 spiro atoms. The molecule has 1 amide bonds. The fourth-order valence-electron chi connectivity index (χ4n) is 3.61. The summed E-state index contributed by atoms with van der Waals surface area (Å²) in [7, 11) is 0. The average Bonchev–Trinajstić information content (AvgIpc) is 3.12. The van der Waals surface area contributed by atoms with Crippen LogP contribution in [0.15, 0.2) is 0 Å². The molecule has 1 N–H and O–H groups in total. The van der Waals surface area contributed by atoms with Crippen LogP contribution in [0.2, 0.25) is 0 Å². The Labute approximate surface area is 110 Å². The van der Waals surface area contributed by atoms with E-state index in [2.05, 4.69) is 0 Å². The van der Waals surface area contributed by atoms with Crippen molar-refractivity contribution in [3.05, 3.63) is 0 Å².